The van der Waals surface area contributed by atoms with E-state index in [9.17, 15) is 14.2 Å². The Balaban J connectivity index is 2.72. The molecule has 0 unspecified atom stereocenters. The van der Waals surface area contributed by atoms with Crippen molar-refractivity contribution in [2.45, 2.75) is 11.7 Å². The van der Waals surface area contributed by atoms with Crippen LogP contribution in [0, 0.1) is 0 Å². The van der Waals surface area contributed by atoms with Crippen molar-refractivity contribution in [1.82, 2.24) is 5.32 Å². The van der Waals surface area contributed by atoms with Crippen LogP contribution in [0.2, 0.25) is 0 Å². The molecule has 1 amide bonds. The van der Waals surface area contributed by atoms with E-state index in [4.69, 9.17) is 28.0 Å². The van der Waals surface area contributed by atoms with E-state index in [1.165, 1.54) is 21.3 Å². The molecule has 1 atom stereocenters. The summed E-state index contributed by atoms with van der Waals surface area (Å²) in [4.78, 5) is 26.2. The average molecular weight is 481 g/mol. The molecule has 0 aliphatic heterocycles. The first kappa shape index (κ1) is 26.2. The summed E-state index contributed by atoms with van der Waals surface area (Å²) in [6.45, 7) is 0. The minimum absolute atomic E-state index is 0.231. The second-order valence-electron chi connectivity index (χ2n) is 6.74. The van der Waals surface area contributed by atoms with E-state index in [1.807, 2.05) is 0 Å². The molecule has 0 radical (unpaired) electrons. The number of amides is 1. The van der Waals surface area contributed by atoms with E-state index in [0.29, 0.717) is 22.8 Å². The molecule has 0 aromatic heterocycles. The first-order valence-corrected chi connectivity index (χ1v) is 11.3. The predicted molar refractivity (Wildman–Crippen MR) is 120 cm³/mol. The molecule has 2 aromatic carbocycles. The van der Waals surface area contributed by atoms with Crippen LogP contribution in [0.4, 0.5) is 0 Å². The van der Waals surface area contributed by atoms with E-state index >= 15 is 0 Å². The second kappa shape index (κ2) is 11.2. The van der Waals surface area contributed by atoms with Gasteiger partial charge >= 0.3 is 13.6 Å². The summed E-state index contributed by atoms with van der Waals surface area (Å²) in [5.41, 5.74) is 0.631. The van der Waals surface area contributed by atoms with Crippen molar-refractivity contribution in [3.63, 3.8) is 0 Å². The van der Waals surface area contributed by atoms with Crippen LogP contribution < -0.4 is 19.5 Å². The largest absolute Gasteiger partial charge is 0.493 e. The van der Waals surface area contributed by atoms with Gasteiger partial charge in [-0.05, 0) is 29.8 Å². The lowest BCUT2D eigenvalue weighted by Gasteiger charge is -2.36. The number of nitrogens with one attached hydrogen (secondary N) is 1. The van der Waals surface area contributed by atoms with Gasteiger partial charge in [-0.15, -0.1) is 0 Å². The molecule has 0 heterocycles. The highest BCUT2D eigenvalue weighted by molar-refractivity contribution is 7.56. The molecular weight excluding hydrogens is 453 g/mol. The van der Waals surface area contributed by atoms with Gasteiger partial charge in [0.05, 0.1) is 28.4 Å². The lowest BCUT2D eigenvalue weighted by molar-refractivity contribution is -0.145. The third kappa shape index (κ3) is 5.13. The quantitative estimate of drug-likeness (QED) is 0.382. The zero-order chi connectivity index (χ0) is 24.6. The monoisotopic (exact) mass is 481 g/mol. The summed E-state index contributed by atoms with van der Waals surface area (Å²) < 4.78 is 45.1. The van der Waals surface area contributed by atoms with E-state index in [-0.39, 0.29) is 12.0 Å². The predicted octanol–water partition coefficient (Wildman–Crippen LogP) is 3.04. The molecule has 0 aliphatic carbocycles. The molecule has 1 N–H and O–H groups in total. The normalized spacial score (nSPS) is 12.9. The minimum Gasteiger partial charge on any atom is -0.493 e. The Hall–Kier alpha value is -3.07. The fourth-order valence-corrected chi connectivity index (χ4v) is 5.08. The van der Waals surface area contributed by atoms with E-state index in [1.54, 1.807) is 42.5 Å². The van der Waals surface area contributed by atoms with Crippen molar-refractivity contribution >= 4 is 19.5 Å². The van der Waals surface area contributed by atoms with Crippen molar-refractivity contribution in [2.75, 3.05) is 42.7 Å². The van der Waals surface area contributed by atoms with E-state index < -0.39 is 24.8 Å². The van der Waals surface area contributed by atoms with Crippen molar-refractivity contribution in [3.05, 3.63) is 53.6 Å². The van der Waals surface area contributed by atoms with Crippen LogP contribution in [-0.2, 0) is 29.6 Å². The van der Waals surface area contributed by atoms with Gasteiger partial charge in [0.15, 0.2) is 11.5 Å². The van der Waals surface area contributed by atoms with Crippen LogP contribution in [0.3, 0.4) is 0 Å². The zero-order valence-electron chi connectivity index (χ0n) is 19.4. The van der Waals surface area contributed by atoms with Gasteiger partial charge in [0, 0.05) is 26.2 Å². The highest BCUT2D eigenvalue weighted by Gasteiger charge is 2.59. The smallest absolute Gasteiger partial charge is 0.367 e. The third-order valence-corrected chi connectivity index (χ3v) is 7.36. The highest BCUT2D eigenvalue weighted by atomic mass is 31.2. The summed E-state index contributed by atoms with van der Waals surface area (Å²) in [7, 11) is 3.33. The highest BCUT2D eigenvalue weighted by Crippen LogP contribution is 2.59. The Morgan fingerprint density at radius 2 is 1.42 bits per heavy atom. The van der Waals surface area contributed by atoms with Gasteiger partial charge in [0.25, 0.3) is 5.91 Å². The van der Waals surface area contributed by atoms with Gasteiger partial charge in [0.2, 0.25) is 11.0 Å². The number of carbonyl (C=O) groups is 2. The molecule has 0 saturated heterocycles. The van der Waals surface area contributed by atoms with Gasteiger partial charge in [-0.1, -0.05) is 18.2 Å². The standard InChI is InChI=1S/C22H28NO9P/c1-27-17-12-15(13-18(28-2)19(17)29-3)14-22(21(25)30-4,33(26,31-5)32-6)23-20(24)16-10-8-7-9-11-16/h7-13H,14H2,1-6H3,(H,23,24)/t22-/m0/s1. The Morgan fingerprint density at radius 3 is 1.85 bits per heavy atom. The number of rotatable bonds is 11. The van der Waals surface area contributed by atoms with E-state index in [0.717, 1.165) is 21.3 Å². The fraction of sp³-hybridized carbons (Fsp3) is 0.364. The number of methoxy groups -OCH3 is 4. The Bertz CT molecular complexity index is 995. The maximum absolute atomic E-state index is 13.7. The molecule has 0 saturated carbocycles. The lowest BCUT2D eigenvalue weighted by Crippen LogP contribution is -2.56. The average Bonchev–Trinajstić information content (AvgIpc) is 2.86. The molecule has 11 heteroatoms. The first-order chi connectivity index (χ1) is 15.7. The summed E-state index contributed by atoms with van der Waals surface area (Å²) in [5.74, 6) is -0.785. The Kier molecular flexibility index (Phi) is 8.87. The summed E-state index contributed by atoms with van der Waals surface area (Å²) in [6, 6.07) is 11.2. The van der Waals surface area contributed by atoms with E-state index in [2.05, 4.69) is 5.32 Å². The van der Waals surface area contributed by atoms with Crippen LogP contribution in [0.5, 0.6) is 17.2 Å². The van der Waals surface area contributed by atoms with Crippen LogP contribution in [0.25, 0.3) is 0 Å². The molecule has 0 bridgehead atoms. The second-order valence-corrected chi connectivity index (χ2v) is 9.23. The number of hydrogen-bond donors (Lipinski definition) is 1. The van der Waals surface area contributed by atoms with Crippen molar-refractivity contribution in [3.8, 4) is 17.2 Å². The van der Waals surface area contributed by atoms with Crippen molar-refractivity contribution < 1.29 is 42.1 Å². The fourth-order valence-electron chi connectivity index (χ4n) is 3.38. The molecule has 0 aliphatic rings. The molecule has 0 fully saturated rings. The van der Waals surface area contributed by atoms with Gasteiger partial charge in [-0.25, -0.2) is 4.79 Å². The molecule has 10 nitrogen and oxygen atoms in total. The molecule has 0 spiro atoms. The van der Waals surface area contributed by atoms with Crippen LogP contribution in [0.15, 0.2) is 42.5 Å². The molecule has 2 rings (SSSR count). The van der Waals surface area contributed by atoms with Gasteiger partial charge in [-0.3, -0.25) is 9.36 Å². The maximum atomic E-state index is 13.7. The van der Waals surface area contributed by atoms with Gasteiger partial charge in [-0.2, -0.15) is 0 Å². The number of benzene rings is 2. The number of ether oxygens (including phenoxy) is 4. The topological polar surface area (TPSA) is 119 Å². The van der Waals surface area contributed by atoms with Crippen LogP contribution >= 0.6 is 7.60 Å². The summed E-state index contributed by atoms with van der Waals surface area (Å²) in [6.07, 6.45) is -0.339. The number of esters is 1. The molecular formula is C22H28NO9P. The first-order valence-electron chi connectivity index (χ1n) is 9.72. The molecule has 180 valence electrons. The lowest BCUT2D eigenvalue weighted by atomic mass is 10.0. The van der Waals surface area contributed by atoms with Crippen LogP contribution in [0.1, 0.15) is 15.9 Å². The maximum Gasteiger partial charge on any atom is 0.367 e. The summed E-state index contributed by atoms with van der Waals surface area (Å²) >= 11 is 0. The van der Waals surface area contributed by atoms with Crippen LogP contribution in [-0.4, -0.2) is 59.8 Å². The van der Waals surface area contributed by atoms with Crippen molar-refractivity contribution in [1.29, 1.82) is 0 Å². The number of hydrogen-bond acceptors (Lipinski definition) is 9. The molecule has 2 aromatic rings. The van der Waals surface area contributed by atoms with Gasteiger partial charge < -0.3 is 33.3 Å². The van der Waals surface area contributed by atoms with Crippen molar-refractivity contribution in [2.24, 2.45) is 0 Å². The molecule has 33 heavy (non-hydrogen) atoms. The zero-order valence-corrected chi connectivity index (χ0v) is 20.3. The third-order valence-electron chi connectivity index (χ3n) is 5.01. The SMILES string of the molecule is COC(=O)[C@@](Cc1cc(OC)c(OC)c(OC)c1)(NC(=O)c1ccccc1)P(=O)(OC)OC. The minimum atomic E-state index is -4.32. The Labute approximate surface area is 192 Å². The Morgan fingerprint density at radius 1 is 0.879 bits per heavy atom. The summed E-state index contributed by atoms with van der Waals surface area (Å²) in [5, 5.41) is 0.319. The van der Waals surface area contributed by atoms with Gasteiger partial charge in [0.1, 0.15) is 0 Å². The number of carbonyl (C=O) groups excluding carboxylic acids is 2.